The molecule has 0 saturated carbocycles. The van der Waals surface area contributed by atoms with Gasteiger partial charge in [-0.15, -0.1) is 0 Å². The molecule has 1 aromatic carbocycles. The molecule has 21 heavy (non-hydrogen) atoms. The molecule has 1 fully saturated rings. The lowest BCUT2D eigenvalue weighted by molar-refractivity contribution is 0.0711. The number of carbonyl (C=O) groups is 2. The van der Waals surface area contributed by atoms with Gasteiger partial charge in [-0.05, 0) is 18.9 Å². The van der Waals surface area contributed by atoms with Crippen molar-refractivity contribution in [1.82, 2.24) is 15.1 Å². The van der Waals surface area contributed by atoms with E-state index in [0.29, 0.717) is 24.2 Å². The minimum atomic E-state index is -0.0733. The van der Waals surface area contributed by atoms with Crippen LogP contribution in [0.4, 0.5) is 0 Å². The van der Waals surface area contributed by atoms with E-state index in [0.717, 1.165) is 12.8 Å². The summed E-state index contributed by atoms with van der Waals surface area (Å²) in [5.74, 6) is 0.0146. The number of nitrogens with zero attached hydrogens (tertiary/aromatic N) is 2. The fourth-order valence-corrected chi connectivity index (χ4v) is 2.80. The molecule has 1 aliphatic heterocycles. The van der Waals surface area contributed by atoms with Crippen LogP contribution in [-0.2, 0) is 0 Å². The van der Waals surface area contributed by atoms with E-state index < -0.39 is 0 Å². The summed E-state index contributed by atoms with van der Waals surface area (Å²) >= 11 is 0. The van der Waals surface area contributed by atoms with E-state index in [-0.39, 0.29) is 17.7 Å². The second-order valence-electron chi connectivity index (χ2n) is 5.26. The fourth-order valence-electron chi connectivity index (χ4n) is 2.80. The van der Waals surface area contributed by atoms with E-state index >= 15 is 0 Å². The van der Waals surface area contributed by atoms with Crippen molar-refractivity contribution in [3.8, 4) is 0 Å². The van der Waals surface area contributed by atoms with Crippen molar-refractivity contribution in [2.24, 2.45) is 0 Å². The highest BCUT2D eigenvalue weighted by Crippen LogP contribution is 2.23. The molecule has 1 saturated heterocycles. The van der Waals surface area contributed by atoms with E-state index in [4.69, 9.17) is 0 Å². The molecular formula is C16H17N3O2. The van der Waals surface area contributed by atoms with E-state index in [1.165, 1.54) is 0 Å². The normalized spacial score (nSPS) is 17.9. The summed E-state index contributed by atoms with van der Waals surface area (Å²) in [4.78, 5) is 26.5. The van der Waals surface area contributed by atoms with Crippen molar-refractivity contribution >= 4 is 11.7 Å². The summed E-state index contributed by atoms with van der Waals surface area (Å²) in [6, 6.07) is 10.9. The topological polar surface area (TPSA) is 66.1 Å². The van der Waals surface area contributed by atoms with Crippen molar-refractivity contribution in [3.63, 3.8) is 0 Å². The molecule has 1 aliphatic rings. The molecule has 1 atom stereocenters. The minimum Gasteiger partial charge on any atom is -0.334 e. The predicted octanol–water partition coefficient (Wildman–Crippen LogP) is 2.29. The molecule has 0 radical (unpaired) electrons. The van der Waals surface area contributed by atoms with Gasteiger partial charge >= 0.3 is 0 Å². The summed E-state index contributed by atoms with van der Waals surface area (Å²) in [7, 11) is 0. The average Bonchev–Trinajstić information content (AvgIpc) is 3.19. The van der Waals surface area contributed by atoms with Gasteiger partial charge in [0.25, 0.3) is 5.91 Å². The zero-order valence-corrected chi connectivity index (χ0v) is 11.7. The van der Waals surface area contributed by atoms with Gasteiger partial charge in [0, 0.05) is 30.8 Å². The van der Waals surface area contributed by atoms with Crippen LogP contribution in [-0.4, -0.2) is 39.4 Å². The van der Waals surface area contributed by atoms with Gasteiger partial charge in [-0.25, -0.2) is 0 Å². The first kappa shape index (κ1) is 13.5. The molecule has 5 heteroatoms. The predicted molar refractivity (Wildman–Crippen MR) is 78.0 cm³/mol. The van der Waals surface area contributed by atoms with Gasteiger partial charge < -0.3 is 4.90 Å². The van der Waals surface area contributed by atoms with Crippen LogP contribution in [0.3, 0.4) is 0 Å². The SMILES string of the molecule is O=C(C[C@H]1CCCN1C(=O)c1ccn[nH]1)c1ccccc1. The zero-order valence-electron chi connectivity index (χ0n) is 11.7. The largest absolute Gasteiger partial charge is 0.334 e. The highest BCUT2D eigenvalue weighted by atomic mass is 16.2. The molecule has 1 N–H and O–H groups in total. The van der Waals surface area contributed by atoms with Crippen LogP contribution in [0.1, 0.15) is 40.1 Å². The molecule has 2 aromatic rings. The van der Waals surface area contributed by atoms with E-state index in [1.807, 2.05) is 30.3 Å². The Kier molecular flexibility index (Phi) is 3.81. The molecule has 2 heterocycles. The highest BCUT2D eigenvalue weighted by molar-refractivity contribution is 5.97. The molecule has 1 aromatic heterocycles. The van der Waals surface area contributed by atoms with Gasteiger partial charge in [0.05, 0.1) is 0 Å². The van der Waals surface area contributed by atoms with Crippen LogP contribution in [0, 0.1) is 0 Å². The number of hydrogen-bond acceptors (Lipinski definition) is 3. The first-order valence-electron chi connectivity index (χ1n) is 7.14. The monoisotopic (exact) mass is 283 g/mol. The van der Waals surface area contributed by atoms with Crippen molar-refractivity contribution < 1.29 is 9.59 Å². The third-order valence-electron chi connectivity index (χ3n) is 3.89. The van der Waals surface area contributed by atoms with Gasteiger partial charge in [-0.1, -0.05) is 30.3 Å². The van der Waals surface area contributed by atoms with E-state index in [9.17, 15) is 9.59 Å². The Morgan fingerprint density at radius 1 is 1.24 bits per heavy atom. The number of amides is 1. The third-order valence-corrected chi connectivity index (χ3v) is 3.89. The number of benzene rings is 1. The van der Waals surface area contributed by atoms with Gasteiger partial charge in [-0.2, -0.15) is 5.10 Å². The van der Waals surface area contributed by atoms with E-state index in [1.54, 1.807) is 17.2 Å². The zero-order chi connectivity index (χ0) is 14.7. The molecule has 108 valence electrons. The van der Waals surface area contributed by atoms with Crippen LogP contribution in [0.25, 0.3) is 0 Å². The number of rotatable bonds is 4. The Balaban J connectivity index is 1.70. The number of hydrogen-bond donors (Lipinski definition) is 1. The second kappa shape index (κ2) is 5.91. The van der Waals surface area contributed by atoms with E-state index in [2.05, 4.69) is 10.2 Å². The Bertz CT molecular complexity index is 622. The third kappa shape index (κ3) is 2.86. The summed E-state index contributed by atoms with van der Waals surface area (Å²) in [6.45, 7) is 0.699. The maximum absolute atomic E-state index is 12.4. The van der Waals surface area contributed by atoms with Crippen LogP contribution in [0.5, 0.6) is 0 Å². The molecule has 0 aliphatic carbocycles. The van der Waals surface area contributed by atoms with Crippen molar-refractivity contribution in [1.29, 1.82) is 0 Å². The minimum absolute atomic E-state index is 0.0199. The van der Waals surface area contributed by atoms with Gasteiger partial charge in [0.15, 0.2) is 5.78 Å². The number of Topliss-reactive ketones (excluding diaryl/α,β-unsaturated/α-hetero) is 1. The lowest BCUT2D eigenvalue weighted by Gasteiger charge is -2.23. The molecule has 0 unspecified atom stereocenters. The summed E-state index contributed by atoms with van der Waals surface area (Å²) in [5, 5.41) is 6.50. The van der Waals surface area contributed by atoms with Gasteiger partial charge in [0.1, 0.15) is 5.69 Å². The van der Waals surface area contributed by atoms with Crippen molar-refractivity contribution in [3.05, 3.63) is 53.9 Å². The highest BCUT2D eigenvalue weighted by Gasteiger charge is 2.31. The molecule has 0 spiro atoms. The Labute approximate surface area is 123 Å². The maximum atomic E-state index is 12.4. The van der Waals surface area contributed by atoms with Gasteiger partial charge in [0.2, 0.25) is 0 Å². The van der Waals surface area contributed by atoms with Crippen LogP contribution in [0.2, 0.25) is 0 Å². The number of nitrogens with one attached hydrogen (secondary N) is 1. The van der Waals surface area contributed by atoms with Crippen LogP contribution < -0.4 is 0 Å². The number of carbonyl (C=O) groups excluding carboxylic acids is 2. The number of aromatic amines is 1. The van der Waals surface area contributed by atoms with Crippen molar-refractivity contribution in [2.45, 2.75) is 25.3 Å². The van der Waals surface area contributed by atoms with Crippen LogP contribution >= 0.6 is 0 Å². The number of aromatic nitrogens is 2. The first-order chi connectivity index (χ1) is 10.3. The molecular weight excluding hydrogens is 266 g/mol. The Hall–Kier alpha value is -2.43. The average molecular weight is 283 g/mol. The van der Waals surface area contributed by atoms with Gasteiger partial charge in [-0.3, -0.25) is 14.7 Å². The van der Waals surface area contributed by atoms with Crippen molar-refractivity contribution in [2.75, 3.05) is 6.54 Å². The first-order valence-corrected chi connectivity index (χ1v) is 7.14. The quantitative estimate of drug-likeness (QED) is 0.875. The number of ketones is 1. The molecule has 5 nitrogen and oxygen atoms in total. The Morgan fingerprint density at radius 2 is 2.05 bits per heavy atom. The summed E-state index contributed by atoms with van der Waals surface area (Å²) in [5.41, 5.74) is 1.19. The Morgan fingerprint density at radius 3 is 2.76 bits per heavy atom. The number of H-pyrrole nitrogens is 1. The fraction of sp³-hybridized carbons (Fsp3) is 0.312. The molecule has 0 bridgehead atoms. The number of likely N-dealkylation sites (tertiary alicyclic amines) is 1. The smallest absolute Gasteiger partial charge is 0.272 e. The van der Waals surface area contributed by atoms with Crippen LogP contribution in [0.15, 0.2) is 42.6 Å². The second-order valence-corrected chi connectivity index (χ2v) is 5.26. The lowest BCUT2D eigenvalue weighted by atomic mass is 10.0. The lowest BCUT2D eigenvalue weighted by Crippen LogP contribution is -2.37. The maximum Gasteiger partial charge on any atom is 0.272 e. The standard InChI is InChI=1S/C16H17N3O2/c20-15(12-5-2-1-3-6-12)11-13-7-4-10-19(13)16(21)14-8-9-17-18-14/h1-3,5-6,8-9,13H,4,7,10-11H2,(H,17,18)/t13-/m1/s1. The summed E-state index contributed by atoms with van der Waals surface area (Å²) < 4.78 is 0. The molecule has 3 rings (SSSR count). The summed E-state index contributed by atoms with van der Waals surface area (Å²) in [6.07, 6.45) is 3.75. The molecule has 1 amide bonds.